The number of carboxylic acids is 2. The molecule has 0 atom stereocenters. The van der Waals surface area contributed by atoms with Crippen LogP contribution in [0.25, 0.3) is 0 Å². The van der Waals surface area contributed by atoms with Gasteiger partial charge in [0.05, 0.1) is 11.1 Å². The molecule has 4 N–H and O–H groups in total. The molecule has 0 saturated carbocycles. The molecular weight excluding hydrogens is 282 g/mol. The van der Waals surface area contributed by atoms with Gasteiger partial charge in [0.2, 0.25) is 0 Å². The van der Waals surface area contributed by atoms with Crippen molar-refractivity contribution in [2.24, 2.45) is 0 Å². The minimum absolute atomic E-state index is 0. The van der Waals surface area contributed by atoms with E-state index in [1.165, 1.54) is 12.1 Å². The van der Waals surface area contributed by atoms with Crippen LogP contribution in [0.5, 0.6) is 0 Å². The summed E-state index contributed by atoms with van der Waals surface area (Å²) in [7, 11) is 0. The Labute approximate surface area is 95.0 Å². The van der Waals surface area contributed by atoms with Crippen molar-refractivity contribution in [2.75, 3.05) is 5.73 Å². The third kappa shape index (κ3) is 2.88. The normalized spacial score (nSPS) is 8.86. The monoisotopic (exact) mass is 288 g/mol. The van der Waals surface area contributed by atoms with Crippen molar-refractivity contribution < 1.29 is 42.2 Å². The number of hydrogen-bond acceptors (Lipinski definition) is 3. The van der Waals surface area contributed by atoms with Crippen LogP contribution in [0, 0.1) is 0 Å². The molecule has 0 bridgehead atoms. The second kappa shape index (κ2) is 4.80. The number of nitrogen functional groups attached to an aromatic ring is 1. The third-order valence-electron chi connectivity index (χ3n) is 1.45. The van der Waals surface area contributed by atoms with Gasteiger partial charge in [-0.2, -0.15) is 0 Å². The Bertz CT molecular complexity index is 345. The molecule has 1 aromatic rings. The molecule has 0 saturated heterocycles. The van der Waals surface area contributed by atoms with Gasteiger partial charge in [-0.05, 0) is 18.2 Å². The van der Waals surface area contributed by atoms with E-state index in [9.17, 15) is 9.59 Å². The van der Waals surface area contributed by atoms with Gasteiger partial charge in [0.25, 0.3) is 0 Å². The van der Waals surface area contributed by atoms with Gasteiger partial charge in [0.15, 0.2) is 0 Å². The standard InChI is InChI=1S/C8H7NO4.Ag/c9-6-2-4(7(10)11)1-5(3-6)8(12)13;/h1-3H,9H2,(H,10,11)(H,12,13);. The first-order chi connectivity index (χ1) is 6.00. The first-order valence-corrected chi connectivity index (χ1v) is 3.38. The third-order valence-corrected chi connectivity index (χ3v) is 1.45. The second-order valence-electron chi connectivity index (χ2n) is 2.45. The first-order valence-electron chi connectivity index (χ1n) is 3.38. The zero-order chi connectivity index (χ0) is 10.0. The molecule has 0 aliphatic rings. The molecule has 0 aliphatic heterocycles. The summed E-state index contributed by atoms with van der Waals surface area (Å²) in [6.07, 6.45) is 0. The Balaban J connectivity index is 0.00000169. The molecule has 6 heteroatoms. The molecule has 0 unspecified atom stereocenters. The maximum Gasteiger partial charge on any atom is 0.335 e. The van der Waals surface area contributed by atoms with Crippen LogP contribution in [-0.2, 0) is 22.4 Å². The van der Waals surface area contributed by atoms with Gasteiger partial charge >= 0.3 is 11.9 Å². The fourth-order valence-electron chi connectivity index (χ4n) is 0.899. The van der Waals surface area contributed by atoms with E-state index < -0.39 is 11.9 Å². The topological polar surface area (TPSA) is 101 Å². The molecule has 14 heavy (non-hydrogen) atoms. The molecule has 0 amide bonds. The molecule has 0 fully saturated rings. The van der Waals surface area contributed by atoms with Gasteiger partial charge in [-0.25, -0.2) is 9.59 Å². The van der Waals surface area contributed by atoms with E-state index in [2.05, 4.69) is 0 Å². The van der Waals surface area contributed by atoms with E-state index in [0.29, 0.717) is 0 Å². The van der Waals surface area contributed by atoms with Crippen molar-refractivity contribution in [1.29, 1.82) is 0 Å². The number of rotatable bonds is 2. The summed E-state index contributed by atoms with van der Waals surface area (Å²) in [6, 6.07) is 3.46. The molecule has 1 radical (unpaired) electrons. The van der Waals surface area contributed by atoms with Gasteiger partial charge in [-0.15, -0.1) is 0 Å². The van der Waals surface area contributed by atoms with Gasteiger partial charge in [-0.1, -0.05) is 0 Å². The molecule has 0 spiro atoms. The number of carbonyl (C=O) groups is 2. The number of benzene rings is 1. The number of nitrogens with two attached hydrogens (primary N) is 1. The van der Waals surface area contributed by atoms with Crippen LogP contribution in [0.1, 0.15) is 20.7 Å². The van der Waals surface area contributed by atoms with Gasteiger partial charge < -0.3 is 15.9 Å². The van der Waals surface area contributed by atoms with Crippen LogP contribution >= 0.6 is 0 Å². The van der Waals surface area contributed by atoms with Crippen molar-refractivity contribution in [2.45, 2.75) is 0 Å². The van der Waals surface area contributed by atoms with E-state index in [1.54, 1.807) is 0 Å². The Morgan fingerprint density at radius 1 is 1.00 bits per heavy atom. The predicted octanol–water partition coefficient (Wildman–Crippen LogP) is 0.663. The van der Waals surface area contributed by atoms with Crippen LogP contribution in [0.4, 0.5) is 5.69 Å². The number of anilines is 1. The summed E-state index contributed by atoms with van der Waals surface area (Å²) >= 11 is 0. The molecule has 0 aliphatic carbocycles. The minimum atomic E-state index is -1.20. The number of carboxylic acid groups (broad SMARTS) is 2. The average Bonchev–Trinajstić information content (AvgIpc) is 2.03. The largest absolute Gasteiger partial charge is 0.478 e. The van der Waals surface area contributed by atoms with Crippen molar-refractivity contribution in [3.63, 3.8) is 0 Å². The maximum absolute atomic E-state index is 10.5. The Morgan fingerprint density at radius 3 is 1.64 bits per heavy atom. The van der Waals surface area contributed by atoms with Gasteiger partial charge in [0, 0.05) is 28.1 Å². The van der Waals surface area contributed by atoms with Crippen molar-refractivity contribution in [3.05, 3.63) is 29.3 Å². The van der Waals surface area contributed by atoms with Crippen LogP contribution < -0.4 is 5.73 Å². The van der Waals surface area contributed by atoms with Crippen molar-refractivity contribution in [1.82, 2.24) is 0 Å². The van der Waals surface area contributed by atoms with E-state index >= 15 is 0 Å². The van der Waals surface area contributed by atoms with Gasteiger partial charge in [-0.3, -0.25) is 0 Å². The van der Waals surface area contributed by atoms with E-state index in [4.69, 9.17) is 15.9 Å². The number of aromatic carboxylic acids is 2. The molecular formula is C8H7AgNO4. The van der Waals surface area contributed by atoms with E-state index in [0.717, 1.165) is 6.07 Å². The van der Waals surface area contributed by atoms with Crippen molar-refractivity contribution >= 4 is 17.6 Å². The Hall–Kier alpha value is -1.30. The van der Waals surface area contributed by atoms with Crippen LogP contribution in [0.3, 0.4) is 0 Å². The zero-order valence-corrected chi connectivity index (χ0v) is 8.30. The fraction of sp³-hybridized carbons (Fsp3) is 0. The summed E-state index contributed by atoms with van der Waals surface area (Å²) < 4.78 is 0. The summed E-state index contributed by atoms with van der Waals surface area (Å²) in [5, 5.41) is 17.1. The first kappa shape index (κ1) is 12.7. The summed E-state index contributed by atoms with van der Waals surface area (Å²) in [4.78, 5) is 21.0. The molecule has 1 rings (SSSR count). The molecule has 1 aromatic carbocycles. The smallest absolute Gasteiger partial charge is 0.335 e. The Morgan fingerprint density at radius 2 is 1.36 bits per heavy atom. The fourth-order valence-corrected chi connectivity index (χ4v) is 0.899. The second-order valence-corrected chi connectivity index (χ2v) is 2.45. The van der Waals surface area contributed by atoms with E-state index in [-0.39, 0.29) is 39.2 Å². The molecule has 5 nitrogen and oxygen atoms in total. The average molecular weight is 289 g/mol. The summed E-state index contributed by atoms with van der Waals surface area (Å²) in [6.45, 7) is 0. The van der Waals surface area contributed by atoms with E-state index in [1.807, 2.05) is 0 Å². The van der Waals surface area contributed by atoms with Crippen molar-refractivity contribution in [3.8, 4) is 0 Å². The minimum Gasteiger partial charge on any atom is -0.478 e. The number of hydrogen-bond donors (Lipinski definition) is 3. The molecule has 79 valence electrons. The molecule has 0 heterocycles. The summed E-state index contributed by atoms with van der Waals surface area (Å²) in [5.74, 6) is -2.40. The van der Waals surface area contributed by atoms with Crippen LogP contribution in [0.15, 0.2) is 18.2 Å². The molecule has 0 aromatic heterocycles. The zero-order valence-electron chi connectivity index (χ0n) is 6.82. The van der Waals surface area contributed by atoms with Crippen LogP contribution in [-0.4, -0.2) is 22.2 Å². The predicted molar refractivity (Wildman–Crippen MR) is 44.8 cm³/mol. The van der Waals surface area contributed by atoms with Gasteiger partial charge in [0.1, 0.15) is 0 Å². The van der Waals surface area contributed by atoms with Crippen LogP contribution in [0.2, 0.25) is 0 Å². The maximum atomic E-state index is 10.5. The quantitative estimate of drug-likeness (QED) is 0.548. The Kier molecular flexibility index (Phi) is 4.36. The SMILES string of the molecule is Nc1cc(C(=O)O)cc(C(=O)O)c1.[Ag]. The summed E-state index contributed by atoms with van der Waals surface area (Å²) in [5.41, 5.74) is 5.18.